The van der Waals surface area contributed by atoms with Gasteiger partial charge in [0.2, 0.25) is 0 Å². The van der Waals surface area contributed by atoms with Crippen molar-refractivity contribution in [1.82, 2.24) is 9.88 Å². The topological polar surface area (TPSA) is 34.6 Å². The van der Waals surface area contributed by atoms with Crippen molar-refractivity contribution in [2.75, 3.05) is 26.3 Å². The average molecular weight is 393 g/mol. The summed E-state index contributed by atoms with van der Waals surface area (Å²) < 4.78 is 11.6. The molecule has 0 N–H and O–H groups in total. The molecule has 2 aliphatic heterocycles. The molecule has 1 saturated heterocycles. The van der Waals surface area contributed by atoms with E-state index in [4.69, 9.17) is 21.1 Å². The van der Waals surface area contributed by atoms with Crippen LogP contribution in [0, 0.1) is 0 Å². The number of pyridine rings is 1. The zero-order valence-corrected chi connectivity index (χ0v) is 16.9. The fraction of sp³-hybridized carbons (Fsp3) is 0.550. The molecular formula is C20H25ClN2O2S. The van der Waals surface area contributed by atoms with E-state index in [1.54, 1.807) is 17.5 Å². The molecule has 1 fully saturated rings. The molecule has 0 aromatic carbocycles. The van der Waals surface area contributed by atoms with Crippen LogP contribution < -0.4 is 0 Å². The third kappa shape index (κ3) is 3.56. The minimum atomic E-state index is -0.0376. The maximum absolute atomic E-state index is 6.33. The Labute approximate surface area is 163 Å². The SMILES string of the molecule is CC1(C)C(c2cc3c(Cl)ccnc3s2)=CCN1CCOC1CCCCO1. The molecule has 1 atom stereocenters. The summed E-state index contributed by atoms with van der Waals surface area (Å²) >= 11 is 8.05. The number of hydrogen-bond donors (Lipinski definition) is 0. The summed E-state index contributed by atoms with van der Waals surface area (Å²) in [4.78, 5) is 9.18. The third-order valence-corrected chi connectivity index (χ3v) is 6.82. The van der Waals surface area contributed by atoms with Crippen LogP contribution in [0.3, 0.4) is 0 Å². The molecule has 140 valence electrons. The number of ether oxygens (including phenoxy) is 2. The molecule has 2 aliphatic rings. The summed E-state index contributed by atoms with van der Waals surface area (Å²) in [6.45, 7) is 7.93. The number of fused-ring (bicyclic) bond motifs is 1. The van der Waals surface area contributed by atoms with Crippen LogP contribution in [0.2, 0.25) is 5.02 Å². The first-order chi connectivity index (χ1) is 12.6. The second-order valence-corrected chi connectivity index (χ2v) is 8.85. The van der Waals surface area contributed by atoms with E-state index in [0.717, 1.165) is 47.8 Å². The van der Waals surface area contributed by atoms with E-state index in [1.807, 2.05) is 6.07 Å². The maximum Gasteiger partial charge on any atom is 0.157 e. The average Bonchev–Trinajstić information content (AvgIpc) is 3.18. The van der Waals surface area contributed by atoms with Crippen LogP contribution in [0.1, 0.15) is 38.0 Å². The van der Waals surface area contributed by atoms with Crippen LogP contribution in [0.4, 0.5) is 0 Å². The number of halogens is 1. The maximum atomic E-state index is 6.33. The van der Waals surface area contributed by atoms with Gasteiger partial charge in [0.15, 0.2) is 6.29 Å². The summed E-state index contributed by atoms with van der Waals surface area (Å²) in [7, 11) is 0. The van der Waals surface area contributed by atoms with Crippen LogP contribution in [-0.2, 0) is 9.47 Å². The normalized spacial score (nSPS) is 23.5. The van der Waals surface area contributed by atoms with E-state index in [0.29, 0.717) is 6.61 Å². The van der Waals surface area contributed by atoms with Gasteiger partial charge < -0.3 is 9.47 Å². The Morgan fingerprint density at radius 1 is 1.42 bits per heavy atom. The van der Waals surface area contributed by atoms with Gasteiger partial charge in [-0.1, -0.05) is 17.7 Å². The van der Waals surface area contributed by atoms with E-state index in [1.165, 1.54) is 16.9 Å². The molecule has 26 heavy (non-hydrogen) atoms. The van der Waals surface area contributed by atoms with Crippen molar-refractivity contribution in [3.8, 4) is 0 Å². The summed E-state index contributed by atoms with van der Waals surface area (Å²) in [5.74, 6) is 0. The van der Waals surface area contributed by atoms with Gasteiger partial charge >= 0.3 is 0 Å². The van der Waals surface area contributed by atoms with Gasteiger partial charge in [-0.15, -0.1) is 11.3 Å². The van der Waals surface area contributed by atoms with Gasteiger partial charge in [0.05, 0.1) is 11.6 Å². The van der Waals surface area contributed by atoms with Gasteiger partial charge in [0.1, 0.15) is 4.83 Å². The predicted octanol–water partition coefficient (Wildman–Crippen LogP) is 4.97. The molecule has 4 nitrogen and oxygen atoms in total. The number of nitrogens with zero attached hydrogens (tertiary/aromatic N) is 2. The molecule has 2 aromatic heterocycles. The molecule has 0 spiro atoms. The number of rotatable bonds is 5. The molecule has 6 heteroatoms. The van der Waals surface area contributed by atoms with Gasteiger partial charge in [-0.2, -0.15) is 0 Å². The van der Waals surface area contributed by atoms with Crippen molar-refractivity contribution >= 4 is 38.7 Å². The Bertz CT molecular complexity index is 811. The summed E-state index contributed by atoms with van der Waals surface area (Å²) in [5.41, 5.74) is 1.31. The molecule has 0 bridgehead atoms. The lowest BCUT2D eigenvalue weighted by Crippen LogP contribution is -2.42. The first kappa shape index (κ1) is 18.4. The summed E-state index contributed by atoms with van der Waals surface area (Å²) in [5, 5.41) is 1.81. The lowest BCUT2D eigenvalue weighted by atomic mass is 9.94. The smallest absolute Gasteiger partial charge is 0.157 e. The number of thiophene rings is 1. The minimum Gasteiger partial charge on any atom is -0.353 e. The highest BCUT2D eigenvalue weighted by atomic mass is 35.5. The highest BCUT2D eigenvalue weighted by molar-refractivity contribution is 7.19. The second-order valence-electron chi connectivity index (χ2n) is 7.41. The monoisotopic (exact) mass is 392 g/mol. The largest absolute Gasteiger partial charge is 0.353 e. The number of hydrogen-bond acceptors (Lipinski definition) is 5. The van der Waals surface area contributed by atoms with Crippen molar-refractivity contribution in [2.24, 2.45) is 0 Å². The lowest BCUT2D eigenvalue weighted by molar-refractivity contribution is -0.164. The zero-order valence-electron chi connectivity index (χ0n) is 15.3. The molecule has 0 aliphatic carbocycles. The molecule has 0 saturated carbocycles. The van der Waals surface area contributed by atoms with Crippen molar-refractivity contribution < 1.29 is 9.47 Å². The van der Waals surface area contributed by atoms with Gasteiger partial charge in [-0.25, -0.2) is 4.98 Å². The van der Waals surface area contributed by atoms with Crippen LogP contribution in [-0.4, -0.2) is 48.0 Å². The highest BCUT2D eigenvalue weighted by Crippen LogP contribution is 2.42. The van der Waals surface area contributed by atoms with Crippen LogP contribution in [0.15, 0.2) is 24.4 Å². The Hall–Kier alpha value is -0.980. The molecule has 4 heterocycles. The van der Waals surface area contributed by atoms with Crippen molar-refractivity contribution in [3.63, 3.8) is 0 Å². The second kappa shape index (κ2) is 7.56. The van der Waals surface area contributed by atoms with Gasteiger partial charge in [0, 0.05) is 41.7 Å². The van der Waals surface area contributed by atoms with E-state index in [2.05, 4.69) is 35.9 Å². The van der Waals surface area contributed by atoms with E-state index in [-0.39, 0.29) is 11.8 Å². The number of aromatic nitrogens is 1. The van der Waals surface area contributed by atoms with E-state index in [9.17, 15) is 0 Å². The van der Waals surface area contributed by atoms with Gasteiger partial charge in [0.25, 0.3) is 0 Å². The molecular weight excluding hydrogens is 368 g/mol. The van der Waals surface area contributed by atoms with E-state index >= 15 is 0 Å². The quantitative estimate of drug-likeness (QED) is 0.719. The fourth-order valence-electron chi connectivity index (χ4n) is 3.80. The van der Waals surface area contributed by atoms with Crippen LogP contribution in [0.25, 0.3) is 15.8 Å². The zero-order chi connectivity index (χ0) is 18.1. The molecule has 0 radical (unpaired) electrons. The first-order valence-corrected chi connectivity index (χ1v) is 10.5. The summed E-state index contributed by atoms with van der Waals surface area (Å²) in [6.07, 6.45) is 7.46. The van der Waals surface area contributed by atoms with Crippen molar-refractivity contribution in [1.29, 1.82) is 0 Å². The fourth-order valence-corrected chi connectivity index (χ4v) is 5.28. The Balaban J connectivity index is 1.42. The lowest BCUT2D eigenvalue weighted by Gasteiger charge is -2.35. The van der Waals surface area contributed by atoms with Crippen LogP contribution >= 0.6 is 22.9 Å². The minimum absolute atomic E-state index is 0.0160. The standard InChI is InChI=1S/C20H25ClN2O2S/c1-20(2)15(17-13-14-16(21)6-8-22-19(14)26-17)7-9-23(20)10-12-25-18-5-3-4-11-24-18/h6-8,13,18H,3-5,9-12H2,1-2H3. The third-order valence-electron chi connectivity index (χ3n) is 5.42. The van der Waals surface area contributed by atoms with Crippen molar-refractivity contribution in [3.05, 3.63) is 34.3 Å². The molecule has 4 rings (SSSR count). The molecule has 1 unspecified atom stereocenters. The summed E-state index contributed by atoms with van der Waals surface area (Å²) in [6, 6.07) is 4.03. The highest BCUT2D eigenvalue weighted by Gasteiger charge is 2.36. The van der Waals surface area contributed by atoms with Crippen LogP contribution in [0.5, 0.6) is 0 Å². The van der Waals surface area contributed by atoms with Gasteiger partial charge in [-0.3, -0.25) is 4.90 Å². The Kier molecular flexibility index (Phi) is 5.35. The molecule has 0 amide bonds. The Morgan fingerprint density at radius 3 is 3.08 bits per heavy atom. The predicted molar refractivity (Wildman–Crippen MR) is 108 cm³/mol. The Morgan fingerprint density at radius 2 is 2.31 bits per heavy atom. The van der Waals surface area contributed by atoms with Crippen molar-refractivity contribution in [2.45, 2.75) is 44.9 Å². The van der Waals surface area contributed by atoms with Gasteiger partial charge in [-0.05, 0) is 50.8 Å². The van der Waals surface area contributed by atoms with E-state index < -0.39 is 0 Å². The first-order valence-electron chi connectivity index (χ1n) is 9.29. The molecule has 2 aromatic rings.